The smallest absolute Gasteiger partial charge is 0.361 e. The van der Waals surface area contributed by atoms with E-state index in [4.69, 9.17) is 0 Å². The number of aromatic nitrogens is 2. The van der Waals surface area contributed by atoms with Crippen LogP contribution in [0.15, 0.2) is 61.2 Å². The molecule has 0 radical (unpaired) electrons. The first-order valence-electron chi connectivity index (χ1n) is 9.93. The van der Waals surface area contributed by atoms with Gasteiger partial charge in [-0.3, -0.25) is 4.79 Å². The Balaban J connectivity index is 1.67. The summed E-state index contributed by atoms with van der Waals surface area (Å²) in [6, 6.07) is 12.4. The molecular formula is C23H21F3N4O. The van der Waals surface area contributed by atoms with Crippen LogP contribution in [-0.2, 0) is 11.0 Å². The first-order valence-corrected chi connectivity index (χ1v) is 9.93. The molecule has 5 nitrogen and oxygen atoms in total. The van der Waals surface area contributed by atoms with Crippen LogP contribution in [-0.4, -0.2) is 28.2 Å². The molecule has 1 aliphatic rings. The quantitative estimate of drug-likeness (QED) is 0.547. The van der Waals surface area contributed by atoms with Gasteiger partial charge >= 0.3 is 6.18 Å². The summed E-state index contributed by atoms with van der Waals surface area (Å²) in [6.07, 6.45) is -0.368. The van der Waals surface area contributed by atoms with Gasteiger partial charge < -0.3 is 10.6 Å². The monoisotopic (exact) mass is 426 g/mol. The Morgan fingerprint density at radius 1 is 1.06 bits per heavy atom. The highest BCUT2D eigenvalue weighted by atomic mass is 19.4. The number of benzene rings is 2. The Morgan fingerprint density at radius 2 is 1.74 bits per heavy atom. The lowest BCUT2D eigenvalue weighted by atomic mass is 9.76. The van der Waals surface area contributed by atoms with Crippen LogP contribution in [0.3, 0.4) is 0 Å². The summed E-state index contributed by atoms with van der Waals surface area (Å²) < 4.78 is 38.7. The minimum absolute atomic E-state index is 0.235. The van der Waals surface area contributed by atoms with Gasteiger partial charge in [-0.1, -0.05) is 43.0 Å². The molecule has 31 heavy (non-hydrogen) atoms. The topological polar surface area (TPSA) is 66.9 Å². The average Bonchev–Trinajstić information content (AvgIpc) is 2.74. The standard InChI is InChI=1S/C23H21F3N4O/c1-2-19(31)27-14-22(12-5-13-22)28-21-18-7-4-3-6-17(18)20(29-30-21)15-8-10-16(11-9-15)23(24,25)26/h2-4,6-11H,1,5,12-14H2,(H,27,31)(H,28,30). The SMILES string of the molecule is C=CC(=O)NCC1(Nc2nnc(-c3ccc(C(F)(F)F)cc3)c3ccccc23)CCC1. The number of nitrogens with one attached hydrogen (secondary N) is 2. The second-order valence-corrected chi connectivity index (χ2v) is 7.70. The number of halogens is 3. The van der Waals surface area contributed by atoms with E-state index in [1.54, 1.807) is 0 Å². The zero-order chi connectivity index (χ0) is 22.1. The number of rotatable bonds is 6. The van der Waals surface area contributed by atoms with Gasteiger partial charge in [0.25, 0.3) is 0 Å². The van der Waals surface area contributed by atoms with Gasteiger partial charge in [0.05, 0.1) is 11.1 Å². The van der Waals surface area contributed by atoms with E-state index in [1.807, 2.05) is 24.3 Å². The highest BCUT2D eigenvalue weighted by Crippen LogP contribution is 2.38. The largest absolute Gasteiger partial charge is 0.416 e. The zero-order valence-corrected chi connectivity index (χ0v) is 16.7. The van der Waals surface area contributed by atoms with Crippen molar-refractivity contribution >= 4 is 22.5 Å². The van der Waals surface area contributed by atoms with Crippen molar-refractivity contribution in [3.8, 4) is 11.3 Å². The highest BCUT2D eigenvalue weighted by molar-refractivity contribution is 6.00. The highest BCUT2D eigenvalue weighted by Gasteiger charge is 2.38. The van der Waals surface area contributed by atoms with Gasteiger partial charge in [0.15, 0.2) is 5.82 Å². The third kappa shape index (κ3) is 4.23. The van der Waals surface area contributed by atoms with Crippen molar-refractivity contribution in [3.63, 3.8) is 0 Å². The summed E-state index contributed by atoms with van der Waals surface area (Å²) in [6.45, 7) is 3.91. The van der Waals surface area contributed by atoms with E-state index >= 15 is 0 Å². The maximum Gasteiger partial charge on any atom is 0.416 e. The van der Waals surface area contributed by atoms with Crippen LogP contribution >= 0.6 is 0 Å². The third-order valence-corrected chi connectivity index (χ3v) is 5.65. The van der Waals surface area contributed by atoms with Gasteiger partial charge in [-0.05, 0) is 37.5 Å². The Labute approximate surface area is 177 Å². The van der Waals surface area contributed by atoms with Gasteiger partial charge in [0.1, 0.15) is 5.69 Å². The van der Waals surface area contributed by atoms with Crippen LogP contribution in [0.25, 0.3) is 22.0 Å². The van der Waals surface area contributed by atoms with Crippen LogP contribution in [0, 0.1) is 0 Å². The number of fused-ring (bicyclic) bond motifs is 1. The molecule has 2 N–H and O–H groups in total. The Kier molecular flexibility index (Phi) is 5.39. The van der Waals surface area contributed by atoms with Gasteiger partial charge in [0.2, 0.25) is 5.91 Å². The summed E-state index contributed by atoms with van der Waals surface area (Å²) >= 11 is 0. The number of hydrogen-bond donors (Lipinski definition) is 2. The molecule has 1 aliphatic carbocycles. The Bertz CT molecular complexity index is 1120. The minimum Gasteiger partial charge on any atom is -0.361 e. The molecule has 0 spiro atoms. The number of carbonyl (C=O) groups is 1. The van der Waals surface area contributed by atoms with E-state index < -0.39 is 11.7 Å². The van der Waals surface area contributed by atoms with Crippen molar-refractivity contribution in [2.45, 2.75) is 31.0 Å². The van der Waals surface area contributed by atoms with E-state index in [0.717, 1.165) is 42.2 Å². The fourth-order valence-corrected chi connectivity index (χ4v) is 3.76. The fraction of sp³-hybridized carbons (Fsp3) is 0.261. The second kappa shape index (κ2) is 8.02. The fourth-order valence-electron chi connectivity index (χ4n) is 3.76. The molecule has 0 aliphatic heterocycles. The molecule has 1 fully saturated rings. The first-order chi connectivity index (χ1) is 14.8. The van der Waals surface area contributed by atoms with Crippen molar-refractivity contribution in [2.75, 3.05) is 11.9 Å². The van der Waals surface area contributed by atoms with Gasteiger partial charge in [-0.25, -0.2) is 0 Å². The normalized spacial score (nSPS) is 15.2. The average molecular weight is 426 g/mol. The van der Waals surface area contributed by atoms with Gasteiger partial charge in [0, 0.05) is 22.9 Å². The molecule has 0 unspecified atom stereocenters. The summed E-state index contributed by atoms with van der Waals surface area (Å²) in [5.74, 6) is 0.348. The predicted molar refractivity (Wildman–Crippen MR) is 113 cm³/mol. The van der Waals surface area contributed by atoms with E-state index in [1.165, 1.54) is 18.2 Å². The first kappa shape index (κ1) is 20.8. The maximum atomic E-state index is 12.9. The van der Waals surface area contributed by atoms with Crippen molar-refractivity contribution < 1.29 is 18.0 Å². The van der Waals surface area contributed by atoms with Crippen molar-refractivity contribution in [2.24, 2.45) is 0 Å². The van der Waals surface area contributed by atoms with Crippen LogP contribution in [0.2, 0.25) is 0 Å². The lowest BCUT2D eigenvalue weighted by Crippen LogP contribution is -2.53. The lowest BCUT2D eigenvalue weighted by molar-refractivity contribution is -0.137. The van der Waals surface area contributed by atoms with E-state index in [0.29, 0.717) is 23.6 Å². The van der Waals surface area contributed by atoms with E-state index in [2.05, 4.69) is 27.4 Å². The molecule has 160 valence electrons. The molecule has 2 aromatic carbocycles. The molecule has 1 heterocycles. The van der Waals surface area contributed by atoms with Crippen LogP contribution in [0.5, 0.6) is 0 Å². The molecule has 1 saturated carbocycles. The maximum absolute atomic E-state index is 12.9. The predicted octanol–water partition coefficient (Wildman–Crippen LogP) is 4.95. The lowest BCUT2D eigenvalue weighted by Gasteiger charge is -2.43. The molecule has 8 heteroatoms. The number of alkyl halides is 3. The van der Waals surface area contributed by atoms with Crippen molar-refractivity contribution in [1.82, 2.24) is 15.5 Å². The number of carbonyl (C=O) groups excluding carboxylic acids is 1. The Morgan fingerprint density at radius 3 is 2.32 bits per heavy atom. The van der Waals surface area contributed by atoms with E-state index in [-0.39, 0.29) is 11.4 Å². The van der Waals surface area contributed by atoms with Gasteiger partial charge in [-0.2, -0.15) is 13.2 Å². The molecule has 0 saturated heterocycles. The van der Waals surface area contributed by atoms with Crippen molar-refractivity contribution in [1.29, 1.82) is 0 Å². The molecule has 1 aromatic heterocycles. The molecular weight excluding hydrogens is 405 g/mol. The molecule has 4 rings (SSSR count). The third-order valence-electron chi connectivity index (χ3n) is 5.65. The number of nitrogens with zero attached hydrogens (tertiary/aromatic N) is 2. The minimum atomic E-state index is -4.39. The second-order valence-electron chi connectivity index (χ2n) is 7.70. The summed E-state index contributed by atoms with van der Waals surface area (Å²) in [4.78, 5) is 11.6. The number of anilines is 1. The molecule has 1 amide bonds. The zero-order valence-electron chi connectivity index (χ0n) is 16.7. The Hall–Kier alpha value is -3.42. The number of hydrogen-bond acceptors (Lipinski definition) is 4. The van der Waals surface area contributed by atoms with Crippen LogP contribution < -0.4 is 10.6 Å². The summed E-state index contributed by atoms with van der Waals surface area (Å²) in [7, 11) is 0. The van der Waals surface area contributed by atoms with Crippen molar-refractivity contribution in [3.05, 3.63) is 66.7 Å². The number of amides is 1. The van der Waals surface area contributed by atoms with E-state index in [9.17, 15) is 18.0 Å². The van der Waals surface area contributed by atoms with Crippen LogP contribution in [0.1, 0.15) is 24.8 Å². The molecule has 3 aromatic rings. The van der Waals surface area contributed by atoms with Gasteiger partial charge in [-0.15, -0.1) is 10.2 Å². The van der Waals surface area contributed by atoms with Crippen LogP contribution in [0.4, 0.5) is 19.0 Å². The molecule has 0 bridgehead atoms. The summed E-state index contributed by atoms with van der Waals surface area (Å²) in [5, 5.41) is 16.6. The summed E-state index contributed by atoms with van der Waals surface area (Å²) in [5.41, 5.74) is 0.0454. The molecule has 0 atom stereocenters.